The summed E-state index contributed by atoms with van der Waals surface area (Å²) in [5, 5.41) is 20.3. The van der Waals surface area contributed by atoms with Gasteiger partial charge in [-0.05, 0) is 36.2 Å². The number of nitrogens with zero attached hydrogens (tertiary/aromatic N) is 2. The Bertz CT molecular complexity index is 925. The van der Waals surface area contributed by atoms with Gasteiger partial charge in [0.05, 0.1) is 12.2 Å². The lowest BCUT2D eigenvalue weighted by molar-refractivity contribution is -0.123. The van der Waals surface area contributed by atoms with Crippen molar-refractivity contribution in [3.05, 3.63) is 64.6 Å². The molecule has 2 aromatic rings. The number of hydrogen-bond acceptors (Lipinski definition) is 6. The highest BCUT2D eigenvalue weighted by Crippen LogP contribution is 2.29. The Hall–Kier alpha value is -2.79. The van der Waals surface area contributed by atoms with E-state index in [1.807, 2.05) is 24.3 Å². The predicted molar refractivity (Wildman–Crippen MR) is 116 cm³/mol. The van der Waals surface area contributed by atoms with Crippen molar-refractivity contribution >= 4 is 39.5 Å². The number of hydrogen-bond donors (Lipinski definition) is 4. The number of para-hydroxylation sites is 1. The summed E-state index contributed by atoms with van der Waals surface area (Å²) in [6.07, 6.45) is -1.19. The average Bonchev–Trinajstić information content (AvgIpc) is 3.01. The fourth-order valence-electron chi connectivity index (χ4n) is 3.31. The molecule has 0 bridgehead atoms. The van der Waals surface area contributed by atoms with Crippen LogP contribution in [0.3, 0.4) is 0 Å². The Morgan fingerprint density at radius 2 is 1.77 bits per heavy atom. The van der Waals surface area contributed by atoms with E-state index in [0.29, 0.717) is 5.69 Å². The molecule has 0 aliphatic carbocycles. The minimum absolute atomic E-state index is 0.0265. The van der Waals surface area contributed by atoms with Crippen LogP contribution < -0.4 is 15.7 Å². The van der Waals surface area contributed by atoms with E-state index in [4.69, 9.17) is 5.21 Å². The molecule has 1 fully saturated rings. The Morgan fingerprint density at radius 1 is 1.10 bits per heavy atom. The lowest BCUT2D eigenvalue weighted by Gasteiger charge is -2.22. The second kappa shape index (κ2) is 10.5. The van der Waals surface area contributed by atoms with Crippen molar-refractivity contribution in [2.45, 2.75) is 31.7 Å². The van der Waals surface area contributed by atoms with E-state index in [2.05, 4.69) is 21.2 Å². The van der Waals surface area contributed by atoms with Crippen molar-refractivity contribution in [2.24, 2.45) is 0 Å². The second-order valence-corrected chi connectivity index (χ2v) is 7.97. The molecule has 0 aromatic heterocycles. The summed E-state index contributed by atoms with van der Waals surface area (Å²) in [5.74, 6) is -0.797. The number of rotatable bonds is 9. The zero-order valence-electron chi connectivity index (χ0n) is 16.6. The quantitative estimate of drug-likeness (QED) is 0.242. The monoisotopic (exact) mass is 490 g/mol. The minimum Gasteiger partial charge on any atom is -0.375 e. The second-order valence-electron chi connectivity index (χ2n) is 7.05. The van der Waals surface area contributed by atoms with Crippen LogP contribution in [-0.2, 0) is 16.1 Å². The number of imide groups is 1. The van der Waals surface area contributed by atoms with E-state index in [-0.39, 0.29) is 25.9 Å². The number of carbonyl (C=O) groups is 3. The molecule has 1 aliphatic rings. The third-order valence-corrected chi connectivity index (χ3v) is 5.41. The molecule has 1 aliphatic heterocycles. The number of halogens is 1. The van der Waals surface area contributed by atoms with Gasteiger partial charge in [-0.2, -0.15) is 5.48 Å². The third-order valence-electron chi connectivity index (χ3n) is 4.89. The maximum absolute atomic E-state index is 13.1. The van der Waals surface area contributed by atoms with Crippen LogP contribution in [-0.4, -0.2) is 51.9 Å². The van der Waals surface area contributed by atoms with E-state index < -0.39 is 30.1 Å². The van der Waals surface area contributed by atoms with Crippen molar-refractivity contribution < 1.29 is 24.7 Å². The first-order valence-corrected chi connectivity index (χ1v) is 10.5. The molecule has 4 amide bonds. The fraction of sp³-hybridized carbons (Fsp3) is 0.286. The molecule has 0 radical (unpaired) electrons. The minimum atomic E-state index is -1.29. The Kier molecular flexibility index (Phi) is 7.75. The lowest BCUT2D eigenvalue weighted by atomic mass is 10.1. The van der Waals surface area contributed by atoms with Crippen molar-refractivity contribution in [1.82, 2.24) is 15.7 Å². The third kappa shape index (κ3) is 5.67. The normalized spacial score (nSPS) is 17.2. The van der Waals surface area contributed by atoms with Crippen molar-refractivity contribution in [3.63, 3.8) is 0 Å². The van der Waals surface area contributed by atoms with E-state index in [1.165, 1.54) is 4.90 Å². The molecular formula is C21H23BrN4O5. The summed E-state index contributed by atoms with van der Waals surface area (Å²) in [6.45, 7) is 0.0340. The van der Waals surface area contributed by atoms with Crippen LogP contribution >= 0.6 is 15.9 Å². The standard InChI is InChI=1S/C21H23BrN4O5/c22-15-8-6-14(7-9-15)13-25-17(10-11-18(27)23-12-19(28)24-31)20(29)26(21(25)30)16-4-2-1-3-5-16/h1-9,17,19,24,28,31H,10-13H2,(H,23,27). The molecule has 4 N–H and O–H groups in total. The van der Waals surface area contributed by atoms with Gasteiger partial charge in [0.1, 0.15) is 12.3 Å². The number of aliphatic hydroxyl groups is 1. The number of aliphatic hydroxyl groups excluding tert-OH is 1. The molecule has 3 rings (SSSR count). The fourth-order valence-corrected chi connectivity index (χ4v) is 3.57. The molecule has 0 saturated carbocycles. The van der Waals surface area contributed by atoms with Crippen LogP contribution in [0, 0.1) is 0 Å². The van der Waals surface area contributed by atoms with Gasteiger partial charge in [-0.15, -0.1) is 0 Å². The highest BCUT2D eigenvalue weighted by atomic mass is 79.9. The van der Waals surface area contributed by atoms with E-state index in [1.54, 1.807) is 35.8 Å². The van der Waals surface area contributed by atoms with Crippen LogP contribution in [0.5, 0.6) is 0 Å². The lowest BCUT2D eigenvalue weighted by Crippen LogP contribution is -2.40. The molecule has 9 nitrogen and oxygen atoms in total. The van der Waals surface area contributed by atoms with Gasteiger partial charge in [-0.3, -0.25) is 9.59 Å². The maximum atomic E-state index is 13.1. The van der Waals surface area contributed by atoms with E-state index in [0.717, 1.165) is 14.9 Å². The summed E-state index contributed by atoms with van der Waals surface area (Å²) in [7, 11) is 0. The van der Waals surface area contributed by atoms with Gasteiger partial charge in [0.15, 0.2) is 0 Å². The molecule has 0 spiro atoms. The largest absolute Gasteiger partial charge is 0.375 e. The zero-order chi connectivity index (χ0) is 22.4. The van der Waals surface area contributed by atoms with Crippen molar-refractivity contribution in [2.75, 3.05) is 11.4 Å². The van der Waals surface area contributed by atoms with Crippen molar-refractivity contribution in [1.29, 1.82) is 0 Å². The van der Waals surface area contributed by atoms with Crippen LogP contribution in [0.1, 0.15) is 18.4 Å². The van der Waals surface area contributed by atoms with Gasteiger partial charge >= 0.3 is 6.03 Å². The zero-order valence-corrected chi connectivity index (χ0v) is 18.2. The smallest absolute Gasteiger partial charge is 0.332 e. The summed E-state index contributed by atoms with van der Waals surface area (Å²) in [6, 6.07) is 14.9. The number of hydroxylamine groups is 1. The predicted octanol–water partition coefficient (Wildman–Crippen LogP) is 1.98. The van der Waals surface area contributed by atoms with Gasteiger partial charge < -0.3 is 20.5 Å². The molecule has 164 valence electrons. The summed E-state index contributed by atoms with van der Waals surface area (Å²) in [5.41, 5.74) is 2.94. The molecule has 2 atom stereocenters. The van der Waals surface area contributed by atoms with Gasteiger partial charge in [0.25, 0.3) is 5.91 Å². The molecule has 10 heteroatoms. The summed E-state index contributed by atoms with van der Waals surface area (Å²) >= 11 is 3.38. The first-order valence-electron chi connectivity index (χ1n) is 9.69. The molecule has 1 saturated heterocycles. The summed E-state index contributed by atoms with van der Waals surface area (Å²) in [4.78, 5) is 41.0. The average molecular weight is 491 g/mol. The van der Waals surface area contributed by atoms with Crippen LogP contribution in [0.15, 0.2) is 59.1 Å². The van der Waals surface area contributed by atoms with Gasteiger partial charge in [-0.1, -0.05) is 46.3 Å². The number of amides is 4. The maximum Gasteiger partial charge on any atom is 0.332 e. The molecule has 1 heterocycles. The molecule has 2 unspecified atom stereocenters. The van der Waals surface area contributed by atoms with E-state index >= 15 is 0 Å². The summed E-state index contributed by atoms with van der Waals surface area (Å²) < 4.78 is 0.902. The first kappa shape index (κ1) is 22.9. The Morgan fingerprint density at radius 3 is 2.42 bits per heavy atom. The topological polar surface area (TPSA) is 122 Å². The Labute approximate surface area is 187 Å². The highest BCUT2D eigenvalue weighted by molar-refractivity contribution is 9.10. The molecule has 2 aromatic carbocycles. The SMILES string of the molecule is O=C(CCC1C(=O)N(c2ccccc2)C(=O)N1Cc1ccc(Br)cc1)NCC(O)NO. The number of anilines is 1. The van der Waals surface area contributed by atoms with E-state index in [9.17, 15) is 19.5 Å². The molecule has 31 heavy (non-hydrogen) atoms. The number of benzene rings is 2. The van der Waals surface area contributed by atoms with Crippen LogP contribution in [0.4, 0.5) is 10.5 Å². The van der Waals surface area contributed by atoms with Crippen molar-refractivity contribution in [3.8, 4) is 0 Å². The molecular weight excluding hydrogens is 468 g/mol. The van der Waals surface area contributed by atoms with Gasteiger partial charge in [0, 0.05) is 17.4 Å². The van der Waals surface area contributed by atoms with Gasteiger partial charge in [-0.25, -0.2) is 9.69 Å². The van der Waals surface area contributed by atoms with Crippen LogP contribution in [0.2, 0.25) is 0 Å². The number of nitrogens with one attached hydrogen (secondary N) is 2. The van der Waals surface area contributed by atoms with Crippen LogP contribution in [0.25, 0.3) is 0 Å². The highest BCUT2D eigenvalue weighted by Gasteiger charge is 2.45. The van der Waals surface area contributed by atoms with Gasteiger partial charge in [0.2, 0.25) is 5.91 Å². The number of carbonyl (C=O) groups excluding carboxylic acids is 3. The Balaban J connectivity index is 1.77. The number of urea groups is 1. The first-order chi connectivity index (χ1) is 14.9.